The van der Waals surface area contributed by atoms with E-state index in [4.69, 9.17) is 9.47 Å². The molecule has 0 fully saturated rings. The summed E-state index contributed by atoms with van der Waals surface area (Å²) in [7, 11) is -1.10. The Morgan fingerprint density at radius 3 is 2.63 bits per heavy atom. The highest BCUT2D eigenvalue weighted by Gasteiger charge is 2.31. The number of hydrogen-bond acceptors (Lipinski definition) is 5. The van der Waals surface area contributed by atoms with Crippen LogP contribution in [0.1, 0.15) is 40.5 Å². The van der Waals surface area contributed by atoms with E-state index in [2.05, 4.69) is 43.1 Å². The average molecular weight is 434 g/mol. The zero-order valence-electron chi connectivity index (χ0n) is 19.5. The molecular formula is C23H37N2O4Si+. The van der Waals surface area contributed by atoms with Crippen LogP contribution in [-0.2, 0) is 19.1 Å². The third-order valence-electron chi connectivity index (χ3n) is 4.84. The van der Waals surface area contributed by atoms with Crippen molar-refractivity contribution in [3.8, 4) is 0 Å². The van der Waals surface area contributed by atoms with Gasteiger partial charge in [0.25, 0.3) is 6.73 Å². The lowest BCUT2D eigenvalue weighted by molar-refractivity contribution is -0.567. The van der Waals surface area contributed by atoms with Gasteiger partial charge in [0, 0.05) is 14.0 Å². The highest BCUT2D eigenvalue weighted by Crippen LogP contribution is 2.27. The van der Waals surface area contributed by atoms with Gasteiger partial charge >= 0.3 is 5.97 Å². The van der Waals surface area contributed by atoms with E-state index in [-0.39, 0.29) is 18.3 Å². The summed E-state index contributed by atoms with van der Waals surface area (Å²) in [6.07, 6.45) is 7.71. The van der Waals surface area contributed by atoms with Crippen molar-refractivity contribution in [2.24, 2.45) is 16.9 Å². The smallest absolute Gasteiger partial charge is 0.307 e. The van der Waals surface area contributed by atoms with E-state index in [9.17, 15) is 9.59 Å². The Labute approximate surface area is 181 Å². The topological polar surface area (TPSA) is 68.0 Å². The lowest BCUT2D eigenvalue weighted by atomic mass is 9.86. The van der Waals surface area contributed by atoms with Gasteiger partial charge in [-0.15, -0.1) is 0 Å². The molecule has 2 aliphatic rings. The summed E-state index contributed by atoms with van der Waals surface area (Å²) in [6.45, 7) is 15.7. The van der Waals surface area contributed by atoms with Gasteiger partial charge in [0.15, 0.2) is 6.21 Å². The van der Waals surface area contributed by atoms with Crippen LogP contribution < -0.4 is 0 Å². The maximum Gasteiger partial charge on any atom is 0.307 e. The maximum absolute atomic E-state index is 12.1. The fourth-order valence-electron chi connectivity index (χ4n) is 3.39. The highest BCUT2D eigenvalue weighted by atomic mass is 28.3. The quantitative estimate of drug-likeness (QED) is 0.170. The number of allylic oxidation sites excluding steroid dienone is 4. The Kier molecular flexibility index (Phi) is 8.11. The van der Waals surface area contributed by atoms with E-state index in [1.807, 2.05) is 32.4 Å². The molecular weight excluding hydrogens is 396 g/mol. The summed E-state index contributed by atoms with van der Waals surface area (Å²) < 4.78 is 13.0. The molecule has 1 aliphatic carbocycles. The summed E-state index contributed by atoms with van der Waals surface area (Å²) in [6, 6.07) is 1.13. The Morgan fingerprint density at radius 2 is 2.03 bits per heavy atom. The normalized spacial score (nSPS) is 19.9. The zero-order chi connectivity index (χ0) is 22.5. The Morgan fingerprint density at radius 1 is 1.33 bits per heavy atom. The number of hydrazone groups is 1. The third-order valence-corrected chi connectivity index (χ3v) is 6.55. The number of hydrogen-bond donors (Lipinski definition) is 0. The van der Waals surface area contributed by atoms with Gasteiger partial charge in [-0.3, -0.25) is 4.79 Å². The minimum atomic E-state index is -1.10. The highest BCUT2D eigenvalue weighted by molar-refractivity contribution is 6.76. The van der Waals surface area contributed by atoms with Crippen molar-refractivity contribution in [1.82, 2.24) is 0 Å². The summed E-state index contributed by atoms with van der Waals surface area (Å²) in [5, 5.41) is 4.67. The van der Waals surface area contributed by atoms with Gasteiger partial charge in [-0.2, -0.15) is 0 Å². The number of nitrogens with zero attached hydrogens (tertiary/aromatic N) is 2. The summed E-state index contributed by atoms with van der Waals surface area (Å²) >= 11 is 0. The van der Waals surface area contributed by atoms with Gasteiger partial charge in [-0.1, -0.05) is 36.5 Å². The van der Waals surface area contributed by atoms with E-state index in [1.54, 1.807) is 0 Å². The number of esters is 1. The molecule has 30 heavy (non-hydrogen) atoms. The van der Waals surface area contributed by atoms with Crippen molar-refractivity contribution >= 4 is 32.3 Å². The van der Waals surface area contributed by atoms with Crippen molar-refractivity contribution in [2.75, 3.05) is 13.3 Å². The first-order valence-corrected chi connectivity index (χ1v) is 14.4. The first-order chi connectivity index (χ1) is 13.9. The van der Waals surface area contributed by atoms with Crippen molar-refractivity contribution in [3.05, 3.63) is 23.3 Å². The number of carbonyl (C=O) groups is 2. The van der Waals surface area contributed by atoms with Crippen LogP contribution in [-0.4, -0.2) is 55.9 Å². The molecule has 1 aliphatic heterocycles. The molecule has 0 N–H and O–H groups in total. The predicted molar refractivity (Wildman–Crippen MR) is 123 cm³/mol. The lowest BCUT2D eigenvalue weighted by Gasteiger charge is -2.21. The van der Waals surface area contributed by atoms with E-state index in [0.29, 0.717) is 13.2 Å². The van der Waals surface area contributed by atoms with Gasteiger partial charge < -0.3 is 14.3 Å². The first-order valence-electron chi connectivity index (χ1n) is 10.7. The van der Waals surface area contributed by atoms with E-state index in [0.717, 1.165) is 35.8 Å². The number of rotatable bonds is 10. The molecule has 2 unspecified atom stereocenters. The SMILES string of the molecule is CC1=CC(CC(C=O)CC(=O)OC(C)(C)C)=CC2C=[N+](COCC[Si](C)(C)C)N=C12. The van der Waals surface area contributed by atoms with Crippen LogP contribution in [0.3, 0.4) is 0 Å². The molecule has 0 aromatic carbocycles. The molecule has 0 saturated heterocycles. The second-order valence-electron chi connectivity index (χ2n) is 10.4. The Hall–Kier alpha value is -1.86. The van der Waals surface area contributed by atoms with E-state index < -0.39 is 19.6 Å². The molecule has 0 spiro atoms. The van der Waals surface area contributed by atoms with Gasteiger partial charge in [-0.25, -0.2) is 0 Å². The van der Waals surface area contributed by atoms with Gasteiger partial charge in [0.2, 0.25) is 0 Å². The molecule has 1 heterocycles. The second kappa shape index (κ2) is 9.96. The monoisotopic (exact) mass is 433 g/mol. The predicted octanol–water partition coefficient (Wildman–Crippen LogP) is 4.19. The van der Waals surface area contributed by atoms with Crippen LogP contribution in [0.25, 0.3) is 0 Å². The van der Waals surface area contributed by atoms with E-state index in [1.165, 1.54) is 0 Å². The molecule has 0 bridgehead atoms. The van der Waals surface area contributed by atoms with E-state index >= 15 is 0 Å². The van der Waals surface area contributed by atoms with Gasteiger partial charge in [0.05, 0.1) is 13.0 Å². The minimum Gasteiger partial charge on any atom is -0.460 e. The van der Waals surface area contributed by atoms with Crippen LogP contribution in [0.5, 0.6) is 0 Å². The van der Waals surface area contributed by atoms with Crippen molar-refractivity contribution < 1.29 is 23.7 Å². The van der Waals surface area contributed by atoms with Crippen LogP contribution in [0.4, 0.5) is 0 Å². The van der Waals surface area contributed by atoms with Crippen molar-refractivity contribution in [3.63, 3.8) is 0 Å². The first kappa shape index (κ1) is 24.4. The van der Waals surface area contributed by atoms with Crippen molar-refractivity contribution in [1.29, 1.82) is 0 Å². The molecule has 0 aromatic heterocycles. The molecule has 2 rings (SSSR count). The molecule has 6 nitrogen and oxygen atoms in total. The molecule has 0 aromatic rings. The molecule has 0 saturated carbocycles. The largest absolute Gasteiger partial charge is 0.460 e. The maximum atomic E-state index is 12.1. The molecule has 2 atom stereocenters. The molecule has 0 radical (unpaired) electrons. The summed E-state index contributed by atoms with van der Waals surface area (Å²) in [4.78, 5) is 23.6. The third kappa shape index (κ3) is 8.11. The Balaban J connectivity index is 1.95. The minimum absolute atomic E-state index is 0.0828. The molecule has 166 valence electrons. The fraction of sp³-hybridized carbons (Fsp3) is 0.652. The van der Waals surface area contributed by atoms with Crippen LogP contribution >= 0.6 is 0 Å². The molecule has 7 heteroatoms. The average Bonchev–Trinajstić information content (AvgIpc) is 2.99. The number of aldehydes is 1. The van der Waals surface area contributed by atoms with Crippen LogP contribution in [0.15, 0.2) is 28.4 Å². The zero-order valence-corrected chi connectivity index (χ0v) is 20.5. The van der Waals surface area contributed by atoms with Gasteiger partial charge in [-0.05, 0) is 56.4 Å². The number of carbonyl (C=O) groups excluding carboxylic acids is 2. The van der Waals surface area contributed by atoms with Crippen LogP contribution in [0, 0.1) is 11.8 Å². The Bertz CT molecular complexity index is 782. The standard InChI is InChI=1S/C23H37N2O4Si/c1-17-10-18(11-19(15-26)13-21(27)29-23(2,3)4)12-20-14-25(24-22(17)20)16-28-8-9-30(5,6)7/h10,12,14-15,19-20H,8-9,11,13,16H2,1-7H3/q+1. The molecule has 0 amide bonds. The number of fused-ring (bicyclic) bond motifs is 1. The second-order valence-corrected chi connectivity index (χ2v) is 16.0. The van der Waals surface area contributed by atoms with Crippen molar-refractivity contribution in [2.45, 2.75) is 71.8 Å². The lowest BCUT2D eigenvalue weighted by Crippen LogP contribution is -2.26. The van der Waals surface area contributed by atoms with Gasteiger partial charge in [0.1, 0.15) is 23.5 Å². The number of ether oxygens (including phenoxy) is 2. The summed E-state index contributed by atoms with van der Waals surface area (Å²) in [5.74, 6) is -0.650. The van der Waals surface area contributed by atoms with Crippen LogP contribution in [0.2, 0.25) is 25.7 Å². The summed E-state index contributed by atoms with van der Waals surface area (Å²) in [5.41, 5.74) is 2.60. The fourth-order valence-corrected chi connectivity index (χ4v) is 4.15.